The van der Waals surface area contributed by atoms with Gasteiger partial charge < -0.3 is 14.4 Å². The van der Waals surface area contributed by atoms with Crippen molar-refractivity contribution in [1.82, 2.24) is 4.90 Å². The summed E-state index contributed by atoms with van der Waals surface area (Å²) in [6.45, 7) is 5.62. The van der Waals surface area contributed by atoms with Crippen LogP contribution in [0.3, 0.4) is 0 Å². The van der Waals surface area contributed by atoms with Gasteiger partial charge in [0.1, 0.15) is 0 Å². The summed E-state index contributed by atoms with van der Waals surface area (Å²) in [7, 11) is 3.27. The van der Waals surface area contributed by atoms with E-state index >= 15 is 0 Å². The first-order chi connectivity index (χ1) is 12.0. The molecular formula is C21H25NO3. The van der Waals surface area contributed by atoms with Crippen molar-refractivity contribution in [2.45, 2.75) is 32.7 Å². The van der Waals surface area contributed by atoms with E-state index in [1.165, 1.54) is 11.1 Å². The molecule has 0 saturated heterocycles. The molecule has 25 heavy (non-hydrogen) atoms. The van der Waals surface area contributed by atoms with E-state index in [1.807, 2.05) is 41.3 Å². The fourth-order valence-electron chi connectivity index (χ4n) is 3.25. The molecule has 0 aliphatic carbocycles. The minimum atomic E-state index is 0.0794. The Morgan fingerprint density at radius 3 is 2.16 bits per heavy atom. The predicted octanol–water partition coefficient (Wildman–Crippen LogP) is 4.03. The lowest BCUT2D eigenvalue weighted by atomic mass is 9.97. The average Bonchev–Trinajstić information content (AvgIpc) is 2.65. The topological polar surface area (TPSA) is 38.8 Å². The van der Waals surface area contributed by atoms with Crippen LogP contribution in [0.15, 0.2) is 36.4 Å². The van der Waals surface area contributed by atoms with E-state index in [-0.39, 0.29) is 5.91 Å². The van der Waals surface area contributed by atoms with Gasteiger partial charge in [-0.3, -0.25) is 4.79 Å². The second-order valence-corrected chi connectivity index (χ2v) is 6.73. The van der Waals surface area contributed by atoms with Crippen LogP contribution >= 0.6 is 0 Å². The summed E-state index contributed by atoms with van der Waals surface area (Å²) >= 11 is 0. The van der Waals surface area contributed by atoms with E-state index in [4.69, 9.17) is 9.47 Å². The van der Waals surface area contributed by atoms with Gasteiger partial charge in [-0.05, 0) is 53.3 Å². The Morgan fingerprint density at radius 2 is 1.60 bits per heavy atom. The zero-order chi connectivity index (χ0) is 18.0. The predicted molar refractivity (Wildman–Crippen MR) is 98.5 cm³/mol. The van der Waals surface area contributed by atoms with Crippen LogP contribution in [0.25, 0.3) is 0 Å². The van der Waals surface area contributed by atoms with Crippen molar-refractivity contribution in [3.63, 3.8) is 0 Å². The summed E-state index contributed by atoms with van der Waals surface area (Å²) < 4.78 is 10.8. The van der Waals surface area contributed by atoms with Gasteiger partial charge in [-0.25, -0.2) is 0 Å². The molecule has 2 aromatic carbocycles. The van der Waals surface area contributed by atoms with E-state index < -0.39 is 0 Å². The number of ether oxygens (including phenoxy) is 2. The second kappa shape index (κ2) is 7.18. The monoisotopic (exact) mass is 339 g/mol. The van der Waals surface area contributed by atoms with Crippen LogP contribution in [0.5, 0.6) is 11.5 Å². The van der Waals surface area contributed by atoms with Gasteiger partial charge in [-0.2, -0.15) is 0 Å². The molecule has 1 amide bonds. The van der Waals surface area contributed by atoms with E-state index in [1.54, 1.807) is 14.2 Å². The van der Waals surface area contributed by atoms with Crippen molar-refractivity contribution in [1.29, 1.82) is 0 Å². The van der Waals surface area contributed by atoms with Gasteiger partial charge in [0.2, 0.25) is 0 Å². The normalized spacial score (nSPS) is 13.6. The van der Waals surface area contributed by atoms with Gasteiger partial charge in [0.05, 0.1) is 14.2 Å². The molecule has 3 rings (SSSR count). The maximum Gasteiger partial charge on any atom is 0.254 e. The Balaban J connectivity index is 1.80. The number of methoxy groups -OCH3 is 2. The third-order valence-electron chi connectivity index (χ3n) is 4.83. The maximum absolute atomic E-state index is 12.8. The van der Waals surface area contributed by atoms with Crippen LogP contribution in [-0.4, -0.2) is 31.6 Å². The maximum atomic E-state index is 12.8. The number of nitrogens with zero attached hydrogens (tertiary/aromatic N) is 1. The third kappa shape index (κ3) is 3.48. The zero-order valence-electron chi connectivity index (χ0n) is 15.3. The fraction of sp³-hybridized carbons (Fsp3) is 0.381. The van der Waals surface area contributed by atoms with Gasteiger partial charge in [0, 0.05) is 18.7 Å². The van der Waals surface area contributed by atoms with Crippen LogP contribution in [0.1, 0.15) is 46.8 Å². The van der Waals surface area contributed by atoms with Crippen molar-refractivity contribution in [3.05, 3.63) is 58.7 Å². The summed E-state index contributed by atoms with van der Waals surface area (Å²) in [6.07, 6.45) is 0.825. The smallest absolute Gasteiger partial charge is 0.254 e. The highest BCUT2D eigenvalue weighted by Crippen LogP contribution is 2.33. The number of hydrogen-bond acceptors (Lipinski definition) is 3. The first-order valence-electron chi connectivity index (χ1n) is 8.66. The van der Waals surface area contributed by atoms with Crippen molar-refractivity contribution >= 4 is 5.91 Å². The molecule has 0 radical (unpaired) electrons. The minimum absolute atomic E-state index is 0.0794. The molecule has 4 heteroatoms. The van der Waals surface area contributed by atoms with Crippen LogP contribution in [0, 0.1) is 0 Å². The van der Waals surface area contributed by atoms with Crippen molar-refractivity contribution < 1.29 is 14.3 Å². The molecule has 1 heterocycles. The SMILES string of the molecule is COc1cc2c(cc1OC)CN(C(=O)c1ccc(C(C)C)cc1)CC2. The van der Waals surface area contributed by atoms with Gasteiger partial charge in [-0.1, -0.05) is 26.0 Å². The van der Waals surface area contributed by atoms with E-state index in [0.29, 0.717) is 24.8 Å². The largest absolute Gasteiger partial charge is 0.493 e. The van der Waals surface area contributed by atoms with Crippen molar-refractivity contribution in [2.24, 2.45) is 0 Å². The zero-order valence-corrected chi connectivity index (χ0v) is 15.3. The number of rotatable bonds is 4. The number of carbonyl (C=O) groups is 1. The lowest BCUT2D eigenvalue weighted by Crippen LogP contribution is -2.36. The quantitative estimate of drug-likeness (QED) is 0.844. The summed E-state index contributed by atoms with van der Waals surface area (Å²) in [5, 5.41) is 0. The van der Waals surface area contributed by atoms with Crippen LogP contribution in [0.2, 0.25) is 0 Å². The molecule has 0 unspecified atom stereocenters. The molecule has 4 nitrogen and oxygen atoms in total. The van der Waals surface area contributed by atoms with E-state index in [9.17, 15) is 4.79 Å². The highest BCUT2D eigenvalue weighted by molar-refractivity contribution is 5.94. The fourth-order valence-corrected chi connectivity index (χ4v) is 3.25. The van der Waals surface area contributed by atoms with E-state index in [0.717, 1.165) is 23.3 Å². The van der Waals surface area contributed by atoms with Crippen LogP contribution in [-0.2, 0) is 13.0 Å². The summed E-state index contributed by atoms with van der Waals surface area (Å²) in [5.41, 5.74) is 4.33. The van der Waals surface area contributed by atoms with Crippen molar-refractivity contribution in [2.75, 3.05) is 20.8 Å². The number of hydrogen-bond donors (Lipinski definition) is 0. The molecule has 2 aromatic rings. The Labute approximate surface area is 149 Å². The van der Waals surface area contributed by atoms with E-state index in [2.05, 4.69) is 13.8 Å². The first kappa shape index (κ1) is 17.3. The van der Waals surface area contributed by atoms with Crippen LogP contribution < -0.4 is 9.47 Å². The highest BCUT2D eigenvalue weighted by Gasteiger charge is 2.23. The third-order valence-corrected chi connectivity index (χ3v) is 4.83. The van der Waals surface area contributed by atoms with Gasteiger partial charge in [0.25, 0.3) is 5.91 Å². The minimum Gasteiger partial charge on any atom is -0.493 e. The number of amides is 1. The second-order valence-electron chi connectivity index (χ2n) is 6.73. The molecule has 1 aliphatic heterocycles. The summed E-state index contributed by atoms with van der Waals surface area (Å²) in [5.74, 6) is 1.99. The van der Waals surface area contributed by atoms with Crippen LogP contribution in [0.4, 0.5) is 0 Å². The Bertz CT molecular complexity index is 765. The van der Waals surface area contributed by atoms with Gasteiger partial charge in [-0.15, -0.1) is 0 Å². The first-order valence-corrected chi connectivity index (χ1v) is 8.66. The molecule has 0 fully saturated rings. The standard InChI is InChI=1S/C21H25NO3/c1-14(2)15-5-7-16(8-6-15)21(23)22-10-9-17-11-19(24-3)20(25-4)12-18(17)13-22/h5-8,11-12,14H,9-10,13H2,1-4H3. The lowest BCUT2D eigenvalue weighted by Gasteiger charge is -2.29. The Kier molecular flexibility index (Phi) is 4.98. The number of carbonyl (C=O) groups excluding carboxylic acids is 1. The molecule has 0 aromatic heterocycles. The molecule has 0 N–H and O–H groups in total. The summed E-state index contributed by atoms with van der Waals surface area (Å²) in [4.78, 5) is 14.7. The number of fused-ring (bicyclic) bond motifs is 1. The average molecular weight is 339 g/mol. The molecule has 1 aliphatic rings. The Hall–Kier alpha value is -2.49. The molecular weight excluding hydrogens is 314 g/mol. The number of benzene rings is 2. The molecule has 0 saturated carbocycles. The highest BCUT2D eigenvalue weighted by atomic mass is 16.5. The van der Waals surface area contributed by atoms with Gasteiger partial charge >= 0.3 is 0 Å². The molecule has 0 bridgehead atoms. The van der Waals surface area contributed by atoms with Gasteiger partial charge in [0.15, 0.2) is 11.5 Å². The molecule has 0 spiro atoms. The molecule has 0 atom stereocenters. The van der Waals surface area contributed by atoms with Crippen molar-refractivity contribution in [3.8, 4) is 11.5 Å². The molecule has 132 valence electrons. The summed E-state index contributed by atoms with van der Waals surface area (Å²) in [6, 6.07) is 12.0. The Morgan fingerprint density at radius 1 is 1.00 bits per heavy atom. The lowest BCUT2D eigenvalue weighted by molar-refractivity contribution is 0.0734.